The molecule has 1 fully saturated rings. The van der Waals surface area contributed by atoms with E-state index in [1.54, 1.807) is 22.8 Å². The molecule has 9 nitrogen and oxygen atoms in total. The Bertz CT molecular complexity index is 1130. The van der Waals surface area contributed by atoms with Gasteiger partial charge in [-0.05, 0) is 53.0 Å². The molecule has 3 aromatic rings. The molecule has 154 valence electrons. The molecule has 2 N–H and O–H groups in total. The Morgan fingerprint density at radius 1 is 1.34 bits per heavy atom. The van der Waals surface area contributed by atoms with Crippen molar-refractivity contribution < 1.29 is 17.7 Å². The second-order valence-electron chi connectivity index (χ2n) is 6.67. The Hall–Kier alpha value is -2.21. The van der Waals surface area contributed by atoms with Crippen LogP contribution in [0.25, 0.3) is 5.65 Å². The number of hydrogen-bond acceptors (Lipinski definition) is 8. The van der Waals surface area contributed by atoms with E-state index < -0.39 is 10.1 Å². The van der Waals surface area contributed by atoms with E-state index in [4.69, 9.17) is 4.98 Å². The zero-order valence-electron chi connectivity index (χ0n) is 15.6. The third-order valence-electron chi connectivity index (χ3n) is 4.93. The van der Waals surface area contributed by atoms with E-state index in [1.165, 1.54) is 12.1 Å². The highest BCUT2D eigenvalue weighted by Gasteiger charge is 2.26. The second kappa shape index (κ2) is 7.90. The molecule has 1 saturated heterocycles. The molecule has 11 heteroatoms. The standard InChI is InChI=1S/C18H20BrN5O4S/c1-28-29(26,27)14-6-4-12(5-7-14)21-17-9-16(23-8-2-3-13(23)11-25)22-18-15(19)10-20-24(17)18/h4-7,9-10,13,21,25H,2-3,8,11H2,1H3/t13-/m1/s1. The van der Waals surface area contributed by atoms with Crippen LogP contribution >= 0.6 is 15.9 Å². The van der Waals surface area contributed by atoms with Crippen molar-refractivity contribution in [3.8, 4) is 0 Å². The lowest BCUT2D eigenvalue weighted by atomic mass is 10.2. The molecule has 29 heavy (non-hydrogen) atoms. The Balaban J connectivity index is 1.71. The molecule has 0 spiro atoms. The largest absolute Gasteiger partial charge is 0.394 e. The summed E-state index contributed by atoms with van der Waals surface area (Å²) >= 11 is 3.48. The molecular weight excluding hydrogens is 462 g/mol. The van der Waals surface area contributed by atoms with Gasteiger partial charge in [-0.25, -0.2) is 4.98 Å². The van der Waals surface area contributed by atoms with Crippen LogP contribution in [-0.2, 0) is 14.3 Å². The predicted octanol–water partition coefficient (Wildman–Crippen LogP) is 2.53. The first-order valence-corrected chi connectivity index (χ1v) is 11.2. The molecule has 3 heterocycles. The molecule has 0 bridgehead atoms. The number of nitrogens with zero attached hydrogens (tertiary/aromatic N) is 4. The molecule has 1 aromatic carbocycles. The van der Waals surface area contributed by atoms with E-state index in [1.807, 2.05) is 6.07 Å². The lowest BCUT2D eigenvalue weighted by molar-refractivity contribution is 0.266. The number of benzene rings is 1. The summed E-state index contributed by atoms with van der Waals surface area (Å²) in [5.74, 6) is 1.41. The zero-order chi connectivity index (χ0) is 20.6. The van der Waals surface area contributed by atoms with E-state index in [-0.39, 0.29) is 17.5 Å². The lowest BCUT2D eigenvalue weighted by Crippen LogP contribution is -2.32. The summed E-state index contributed by atoms with van der Waals surface area (Å²) in [7, 11) is -2.61. The molecule has 1 aliphatic rings. The molecule has 1 aliphatic heterocycles. The first kappa shape index (κ1) is 20.1. The van der Waals surface area contributed by atoms with Crippen LogP contribution in [0.5, 0.6) is 0 Å². The minimum Gasteiger partial charge on any atom is -0.394 e. The summed E-state index contributed by atoms with van der Waals surface area (Å²) in [6.45, 7) is 0.897. The summed E-state index contributed by atoms with van der Waals surface area (Å²) < 4.78 is 30.6. The van der Waals surface area contributed by atoms with Crippen LogP contribution in [0.1, 0.15) is 12.8 Å². The van der Waals surface area contributed by atoms with Crippen LogP contribution in [0.15, 0.2) is 45.9 Å². The number of aromatic nitrogens is 3. The fraction of sp³-hybridized carbons (Fsp3) is 0.333. The molecule has 0 radical (unpaired) electrons. The molecule has 2 aromatic heterocycles. The number of hydrogen-bond donors (Lipinski definition) is 2. The van der Waals surface area contributed by atoms with Crippen molar-refractivity contribution in [2.45, 2.75) is 23.8 Å². The van der Waals surface area contributed by atoms with Crippen molar-refractivity contribution >= 4 is 49.0 Å². The van der Waals surface area contributed by atoms with Crippen LogP contribution in [0.4, 0.5) is 17.3 Å². The van der Waals surface area contributed by atoms with Gasteiger partial charge in [0.25, 0.3) is 10.1 Å². The highest BCUT2D eigenvalue weighted by atomic mass is 79.9. The molecule has 4 rings (SSSR count). The van der Waals surface area contributed by atoms with Gasteiger partial charge in [-0.1, -0.05) is 0 Å². The van der Waals surface area contributed by atoms with Gasteiger partial charge in [-0.3, -0.25) is 4.18 Å². The molecular formula is C18H20BrN5O4S. The SMILES string of the molecule is COS(=O)(=O)c1ccc(Nc2cc(N3CCC[C@@H]3CO)nc3c(Br)cnn23)cc1. The maximum atomic E-state index is 11.8. The van der Waals surface area contributed by atoms with E-state index in [2.05, 4.69) is 35.4 Å². The predicted molar refractivity (Wildman–Crippen MR) is 112 cm³/mol. The van der Waals surface area contributed by atoms with E-state index in [0.717, 1.165) is 36.8 Å². The lowest BCUT2D eigenvalue weighted by Gasteiger charge is -2.25. The van der Waals surface area contributed by atoms with Crippen LogP contribution in [0.2, 0.25) is 0 Å². The fourth-order valence-electron chi connectivity index (χ4n) is 3.44. The quantitative estimate of drug-likeness (QED) is 0.516. The average molecular weight is 482 g/mol. The maximum Gasteiger partial charge on any atom is 0.296 e. The van der Waals surface area contributed by atoms with Gasteiger partial charge in [0.1, 0.15) is 11.6 Å². The van der Waals surface area contributed by atoms with Gasteiger partial charge < -0.3 is 15.3 Å². The summed E-state index contributed by atoms with van der Waals surface area (Å²) in [5.41, 5.74) is 1.33. The molecule has 1 atom stereocenters. The third-order valence-corrected chi connectivity index (χ3v) is 6.78. The molecule has 0 unspecified atom stereocenters. The number of rotatable bonds is 6. The van der Waals surface area contributed by atoms with Crippen molar-refractivity contribution in [1.82, 2.24) is 14.6 Å². The normalized spacial score (nSPS) is 17.2. The van der Waals surface area contributed by atoms with Crippen molar-refractivity contribution in [1.29, 1.82) is 0 Å². The van der Waals surface area contributed by atoms with Gasteiger partial charge in [0.15, 0.2) is 5.65 Å². The smallest absolute Gasteiger partial charge is 0.296 e. The second-order valence-corrected chi connectivity index (χ2v) is 9.24. The zero-order valence-corrected chi connectivity index (χ0v) is 18.0. The molecule has 0 saturated carbocycles. The van der Waals surface area contributed by atoms with Gasteiger partial charge in [0, 0.05) is 18.3 Å². The number of anilines is 3. The summed E-state index contributed by atoms with van der Waals surface area (Å²) in [6.07, 6.45) is 3.58. The summed E-state index contributed by atoms with van der Waals surface area (Å²) in [4.78, 5) is 6.88. The first-order valence-electron chi connectivity index (χ1n) is 9.02. The Morgan fingerprint density at radius 2 is 2.10 bits per heavy atom. The van der Waals surface area contributed by atoms with E-state index in [0.29, 0.717) is 17.2 Å². The number of nitrogens with one attached hydrogen (secondary N) is 1. The number of aliphatic hydroxyl groups excluding tert-OH is 1. The third kappa shape index (κ3) is 3.82. The van der Waals surface area contributed by atoms with E-state index in [9.17, 15) is 13.5 Å². The van der Waals surface area contributed by atoms with Crippen LogP contribution in [0, 0.1) is 0 Å². The number of halogens is 1. The molecule has 0 aliphatic carbocycles. The Labute approximate surface area is 176 Å². The highest BCUT2D eigenvalue weighted by Crippen LogP contribution is 2.30. The van der Waals surface area contributed by atoms with Crippen LogP contribution < -0.4 is 10.2 Å². The fourth-order valence-corrected chi connectivity index (χ4v) is 4.45. The minimum absolute atomic E-state index is 0.0398. The van der Waals surface area contributed by atoms with Crippen LogP contribution in [-0.4, -0.2) is 54.4 Å². The topological polar surface area (TPSA) is 109 Å². The number of fused-ring (bicyclic) bond motifs is 1. The van der Waals surface area contributed by atoms with Gasteiger partial charge >= 0.3 is 0 Å². The Kier molecular flexibility index (Phi) is 5.47. The van der Waals surface area contributed by atoms with Crippen molar-refractivity contribution in [2.75, 3.05) is 30.5 Å². The van der Waals surface area contributed by atoms with Crippen molar-refractivity contribution in [3.05, 3.63) is 41.0 Å². The van der Waals surface area contributed by atoms with Gasteiger partial charge in [0.05, 0.1) is 35.3 Å². The van der Waals surface area contributed by atoms with Gasteiger partial charge in [-0.2, -0.15) is 18.0 Å². The van der Waals surface area contributed by atoms with Crippen molar-refractivity contribution in [3.63, 3.8) is 0 Å². The summed E-state index contributed by atoms with van der Waals surface area (Å²) in [6, 6.07) is 8.17. The number of aliphatic hydroxyl groups is 1. The monoisotopic (exact) mass is 481 g/mol. The Morgan fingerprint density at radius 3 is 2.79 bits per heavy atom. The first-order chi connectivity index (χ1) is 13.9. The molecule has 0 amide bonds. The average Bonchev–Trinajstić information content (AvgIpc) is 3.35. The van der Waals surface area contributed by atoms with Crippen LogP contribution in [0.3, 0.4) is 0 Å². The minimum atomic E-state index is -3.74. The van der Waals surface area contributed by atoms with Crippen molar-refractivity contribution in [2.24, 2.45) is 0 Å². The summed E-state index contributed by atoms with van der Waals surface area (Å²) in [5, 5.41) is 17.3. The van der Waals surface area contributed by atoms with Gasteiger partial charge in [-0.15, -0.1) is 0 Å². The maximum absolute atomic E-state index is 11.8. The highest BCUT2D eigenvalue weighted by molar-refractivity contribution is 9.10. The van der Waals surface area contributed by atoms with E-state index >= 15 is 0 Å². The van der Waals surface area contributed by atoms with Gasteiger partial charge in [0.2, 0.25) is 0 Å².